The summed E-state index contributed by atoms with van der Waals surface area (Å²) in [6, 6.07) is 13.8. The highest BCUT2D eigenvalue weighted by atomic mass is 16.1. The van der Waals surface area contributed by atoms with E-state index in [1.165, 1.54) is 5.56 Å². The summed E-state index contributed by atoms with van der Waals surface area (Å²) in [7, 11) is 0. The van der Waals surface area contributed by atoms with Crippen LogP contribution in [0.5, 0.6) is 0 Å². The second-order valence-electron chi connectivity index (χ2n) is 7.89. The lowest BCUT2D eigenvalue weighted by molar-refractivity contribution is 0.0946. The molecule has 3 heterocycles. The number of aromatic nitrogens is 4. The third kappa shape index (κ3) is 3.67. The van der Waals surface area contributed by atoms with E-state index in [9.17, 15) is 4.79 Å². The standard InChI is InChI=1S/C22H23N5O/c1-22(2,3)17-5-6-18-16(12-17)13-19(26-18)21(28)24-14-15-7-9-23-20(11-15)27-10-4-8-25-27/h4-13,26H,14H2,1-3H3,(H,24,28). The molecule has 6 nitrogen and oxygen atoms in total. The summed E-state index contributed by atoms with van der Waals surface area (Å²) in [6.45, 7) is 6.96. The fourth-order valence-electron chi connectivity index (χ4n) is 3.10. The quantitative estimate of drug-likeness (QED) is 0.568. The van der Waals surface area contributed by atoms with Crippen molar-refractivity contribution in [2.75, 3.05) is 0 Å². The number of H-pyrrole nitrogens is 1. The van der Waals surface area contributed by atoms with Gasteiger partial charge in [0.05, 0.1) is 0 Å². The minimum atomic E-state index is -0.133. The van der Waals surface area contributed by atoms with E-state index in [0.29, 0.717) is 12.2 Å². The lowest BCUT2D eigenvalue weighted by Gasteiger charge is -2.18. The maximum atomic E-state index is 12.6. The molecule has 142 valence electrons. The van der Waals surface area contributed by atoms with E-state index in [2.05, 4.69) is 53.3 Å². The highest BCUT2D eigenvalue weighted by molar-refractivity contribution is 5.98. The van der Waals surface area contributed by atoms with Crippen LogP contribution in [0.1, 0.15) is 42.4 Å². The van der Waals surface area contributed by atoms with E-state index in [1.807, 2.05) is 36.5 Å². The Labute approximate surface area is 163 Å². The highest BCUT2D eigenvalue weighted by Gasteiger charge is 2.15. The zero-order chi connectivity index (χ0) is 19.7. The van der Waals surface area contributed by atoms with Crippen molar-refractivity contribution in [2.45, 2.75) is 32.7 Å². The molecule has 1 amide bonds. The predicted molar refractivity (Wildman–Crippen MR) is 110 cm³/mol. The Morgan fingerprint density at radius 3 is 2.75 bits per heavy atom. The molecule has 4 rings (SSSR count). The van der Waals surface area contributed by atoms with Gasteiger partial charge in [-0.3, -0.25) is 4.79 Å². The Balaban J connectivity index is 1.49. The van der Waals surface area contributed by atoms with Gasteiger partial charge in [0, 0.05) is 36.0 Å². The third-order valence-electron chi connectivity index (χ3n) is 4.73. The molecule has 0 aliphatic carbocycles. The first-order valence-electron chi connectivity index (χ1n) is 9.26. The monoisotopic (exact) mass is 373 g/mol. The van der Waals surface area contributed by atoms with E-state index >= 15 is 0 Å². The SMILES string of the molecule is CC(C)(C)c1ccc2[nH]c(C(=O)NCc3ccnc(-n4cccn4)c3)cc2c1. The summed E-state index contributed by atoms with van der Waals surface area (Å²) < 4.78 is 1.69. The van der Waals surface area contributed by atoms with Crippen LogP contribution in [-0.2, 0) is 12.0 Å². The molecule has 0 aliphatic heterocycles. The first-order chi connectivity index (χ1) is 13.4. The van der Waals surface area contributed by atoms with Gasteiger partial charge >= 0.3 is 0 Å². The van der Waals surface area contributed by atoms with Crippen LogP contribution in [0, 0.1) is 0 Å². The number of hydrogen-bond acceptors (Lipinski definition) is 3. The number of aromatic amines is 1. The molecule has 0 saturated heterocycles. The summed E-state index contributed by atoms with van der Waals surface area (Å²) >= 11 is 0. The molecule has 0 bridgehead atoms. The normalized spacial score (nSPS) is 11.7. The van der Waals surface area contributed by atoms with Gasteiger partial charge in [0.25, 0.3) is 5.91 Å². The van der Waals surface area contributed by atoms with Gasteiger partial charge in [-0.15, -0.1) is 0 Å². The van der Waals surface area contributed by atoms with Crippen LogP contribution in [0.2, 0.25) is 0 Å². The Morgan fingerprint density at radius 1 is 1.14 bits per heavy atom. The summed E-state index contributed by atoms with van der Waals surface area (Å²) in [6.07, 6.45) is 5.26. The Morgan fingerprint density at radius 2 is 2.00 bits per heavy atom. The van der Waals surface area contributed by atoms with Crippen molar-refractivity contribution in [2.24, 2.45) is 0 Å². The number of fused-ring (bicyclic) bond motifs is 1. The van der Waals surface area contributed by atoms with Crippen LogP contribution in [0.4, 0.5) is 0 Å². The second kappa shape index (κ2) is 6.96. The third-order valence-corrected chi connectivity index (χ3v) is 4.73. The Kier molecular flexibility index (Phi) is 4.47. The van der Waals surface area contributed by atoms with Crippen molar-refractivity contribution in [3.63, 3.8) is 0 Å². The van der Waals surface area contributed by atoms with Crippen molar-refractivity contribution in [1.82, 2.24) is 25.1 Å². The molecule has 4 aromatic rings. The Bertz CT molecular complexity index is 1120. The minimum absolute atomic E-state index is 0.0709. The molecule has 6 heteroatoms. The smallest absolute Gasteiger partial charge is 0.267 e. The maximum absolute atomic E-state index is 12.6. The van der Waals surface area contributed by atoms with E-state index in [-0.39, 0.29) is 11.3 Å². The van der Waals surface area contributed by atoms with Crippen LogP contribution in [0.15, 0.2) is 61.1 Å². The van der Waals surface area contributed by atoms with Gasteiger partial charge in [-0.1, -0.05) is 26.8 Å². The average molecular weight is 373 g/mol. The molecule has 28 heavy (non-hydrogen) atoms. The fraction of sp³-hybridized carbons (Fsp3) is 0.227. The lowest BCUT2D eigenvalue weighted by Crippen LogP contribution is -2.23. The summed E-state index contributed by atoms with van der Waals surface area (Å²) in [5.74, 6) is 0.586. The molecule has 0 radical (unpaired) electrons. The molecule has 2 N–H and O–H groups in total. The summed E-state index contributed by atoms with van der Waals surface area (Å²) in [5, 5.41) is 8.19. The van der Waals surface area contributed by atoms with Crippen LogP contribution in [0.25, 0.3) is 16.7 Å². The largest absolute Gasteiger partial charge is 0.351 e. The predicted octanol–water partition coefficient (Wildman–Crippen LogP) is 3.98. The highest BCUT2D eigenvalue weighted by Crippen LogP contribution is 2.26. The molecule has 0 spiro atoms. The number of pyridine rings is 1. The molecule has 3 aromatic heterocycles. The summed E-state index contributed by atoms with van der Waals surface area (Å²) in [4.78, 5) is 20.1. The van der Waals surface area contributed by atoms with Crippen molar-refractivity contribution in [3.05, 3.63) is 77.9 Å². The van der Waals surface area contributed by atoms with Gasteiger partial charge in [-0.2, -0.15) is 5.10 Å². The number of carbonyl (C=O) groups is 1. The van der Waals surface area contributed by atoms with E-state index < -0.39 is 0 Å². The molecular weight excluding hydrogens is 350 g/mol. The number of carbonyl (C=O) groups excluding carboxylic acids is 1. The van der Waals surface area contributed by atoms with E-state index in [1.54, 1.807) is 17.1 Å². The number of hydrogen-bond donors (Lipinski definition) is 2. The molecule has 0 unspecified atom stereocenters. The Hall–Kier alpha value is -3.41. The number of rotatable bonds is 4. The fourth-order valence-corrected chi connectivity index (χ4v) is 3.10. The molecule has 0 fully saturated rings. The van der Waals surface area contributed by atoms with Crippen molar-refractivity contribution in [1.29, 1.82) is 0 Å². The van der Waals surface area contributed by atoms with Gasteiger partial charge in [-0.05, 0) is 52.9 Å². The first kappa shape index (κ1) is 18.0. The second-order valence-corrected chi connectivity index (χ2v) is 7.89. The molecule has 0 aliphatic rings. The molecule has 0 saturated carbocycles. The van der Waals surface area contributed by atoms with Gasteiger partial charge in [0.2, 0.25) is 0 Å². The van der Waals surface area contributed by atoms with Crippen LogP contribution in [0.3, 0.4) is 0 Å². The first-order valence-corrected chi connectivity index (χ1v) is 9.26. The minimum Gasteiger partial charge on any atom is -0.351 e. The number of nitrogens with zero attached hydrogens (tertiary/aromatic N) is 3. The topological polar surface area (TPSA) is 75.6 Å². The van der Waals surface area contributed by atoms with Crippen LogP contribution in [-0.4, -0.2) is 25.7 Å². The number of amides is 1. The van der Waals surface area contributed by atoms with E-state index in [4.69, 9.17) is 0 Å². The summed E-state index contributed by atoms with van der Waals surface area (Å²) in [5.41, 5.74) is 3.79. The number of benzene rings is 1. The van der Waals surface area contributed by atoms with Gasteiger partial charge in [-0.25, -0.2) is 9.67 Å². The van der Waals surface area contributed by atoms with Crippen molar-refractivity contribution in [3.8, 4) is 5.82 Å². The number of nitrogens with one attached hydrogen (secondary N) is 2. The van der Waals surface area contributed by atoms with E-state index in [0.717, 1.165) is 22.3 Å². The van der Waals surface area contributed by atoms with Gasteiger partial charge in [0.1, 0.15) is 5.69 Å². The van der Waals surface area contributed by atoms with Crippen LogP contribution < -0.4 is 5.32 Å². The lowest BCUT2D eigenvalue weighted by atomic mass is 9.86. The maximum Gasteiger partial charge on any atom is 0.267 e. The van der Waals surface area contributed by atoms with Crippen molar-refractivity contribution >= 4 is 16.8 Å². The van der Waals surface area contributed by atoms with Gasteiger partial charge < -0.3 is 10.3 Å². The zero-order valence-corrected chi connectivity index (χ0v) is 16.2. The zero-order valence-electron chi connectivity index (χ0n) is 16.2. The molecular formula is C22H23N5O. The van der Waals surface area contributed by atoms with Crippen molar-refractivity contribution < 1.29 is 4.79 Å². The average Bonchev–Trinajstić information content (AvgIpc) is 3.34. The van der Waals surface area contributed by atoms with Crippen LogP contribution >= 0.6 is 0 Å². The molecule has 0 atom stereocenters. The molecule has 1 aromatic carbocycles. The van der Waals surface area contributed by atoms with Gasteiger partial charge in [0.15, 0.2) is 5.82 Å².